The van der Waals surface area contributed by atoms with Crippen LogP contribution < -0.4 is 5.32 Å². The molecule has 0 aliphatic heterocycles. The number of aryl methyl sites for hydroxylation is 1. The minimum atomic E-state index is 0.168. The van der Waals surface area contributed by atoms with Crippen LogP contribution in [-0.4, -0.2) is 18.1 Å². The Balaban J connectivity index is 2.61. The lowest BCUT2D eigenvalue weighted by Crippen LogP contribution is -2.38. The average molecular weight is 268 g/mol. The minimum Gasteiger partial charge on any atom is -0.316 e. The molecule has 0 radical (unpaired) electrons. The molecule has 1 atom stereocenters. The first kappa shape index (κ1) is 15.6. The smallest absolute Gasteiger partial charge is 0.0929 e. The third-order valence-corrected chi connectivity index (χ3v) is 4.27. The van der Waals surface area contributed by atoms with Crippen LogP contribution in [0.5, 0.6) is 0 Å². The van der Waals surface area contributed by atoms with Crippen molar-refractivity contribution in [2.45, 2.75) is 65.8 Å². The molecule has 0 bridgehead atoms. The van der Waals surface area contributed by atoms with Crippen LogP contribution in [0.25, 0.3) is 0 Å². The molecule has 1 heterocycles. The van der Waals surface area contributed by atoms with E-state index >= 15 is 0 Å². The van der Waals surface area contributed by atoms with Gasteiger partial charge in [-0.3, -0.25) is 0 Å². The van der Waals surface area contributed by atoms with Gasteiger partial charge in [0.1, 0.15) is 0 Å². The van der Waals surface area contributed by atoms with Crippen molar-refractivity contribution in [2.75, 3.05) is 7.05 Å². The third kappa shape index (κ3) is 4.36. The number of rotatable bonds is 4. The highest BCUT2D eigenvalue weighted by molar-refractivity contribution is 7.09. The molecule has 1 rings (SSSR count). The lowest BCUT2D eigenvalue weighted by molar-refractivity contribution is 0.268. The Morgan fingerprint density at radius 2 is 1.83 bits per heavy atom. The number of hydrogen-bond acceptors (Lipinski definition) is 3. The second kappa shape index (κ2) is 5.70. The molecule has 0 aromatic carbocycles. The first-order valence-corrected chi connectivity index (χ1v) is 7.64. The summed E-state index contributed by atoms with van der Waals surface area (Å²) in [7, 11) is 2.05. The zero-order valence-corrected chi connectivity index (χ0v) is 13.7. The van der Waals surface area contributed by atoms with Gasteiger partial charge < -0.3 is 5.32 Å². The van der Waals surface area contributed by atoms with Crippen molar-refractivity contribution in [3.05, 3.63) is 16.1 Å². The number of aromatic nitrogens is 1. The summed E-state index contributed by atoms with van der Waals surface area (Å²) in [5, 5.41) is 6.90. The lowest BCUT2D eigenvalue weighted by Gasteiger charge is -2.30. The molecule has 0 saturated heterocycles. The van der Waals surface area contributed by atoms with Crippen LogP contribution in [0, 0.1) is 5.41 Å². The quantitative estimate of drug-likeness (QED) is 0.892. The second-order valence-electron chi connectivity index (χ2n) is 7.12. The molecule has 2 nitrogen and oxygen atoms in total. The zero-order chi connectivity index (χ0) is 14.0. The molecule has 18 heavy (non-hydrogen) atoms. The first-order chi connectivity index (χ1) is 8.14. The summed E-state index contributed by atoms with van der Waals surface area (Å²) >= 11 is 1.80. The van der Waals surface area contributed by atoms with Crippen LogP contribution in [-0.2, 0) is 11.8 Å². The Morgan fingerprint density at radius 3 is 2.22 bits per heavy atom. The molecule has 0 fully saturated rings. The molecule has 0 amide bonds. The van der Waals surface area contributed by atoms with E-state index in [0.29, 0.717) is 11.5 Å². The van der Waals surface area contributed by atoms with Gasteiger partial charge in [-0.05, 0) is 18.9 Å². The van der Waals surface area contributed by atoms with Gasteiger partial charge >= 0.3 is 0 Å². The minimum absolute atomic E-state index is 0.168. The Bertz CT molecular complexity index is 369. The predicted molar refractivity (Wildman–Crippen MR) is 81.4 cm³/mol. The largest absolute Gasteiger partial charge is 0.316 e. The van der Waals surface area contributed by atoms with E-state index in [4.69, 9.17) is 4.98 Å². The van der Waals surface area contributed by atoms with Crippen molar-refractivity contribution in [2.24, 2.45) is 5.41 Å². The molecule has 0 aliphatic carbocycles. The molecule has 0 aliphatic rings. The van der Waals surface area contributed by atoms with Gasteiger partial charge in [0.15, 0.2) is 0 Å². The Morgan fingerprint density at radius 1 is 1.22 bits per heavy atom. The fourth-order valence-corrected chi connectivity index (χ4v) is 3.09. The van der Waals surface area contributed by atoms with E-state index in [1.165, 1.54) is 10.7 Å². The van der Waals surface area contributed by atoms with Crippen molar-refractivity contribution in [3.63, 3.8) is 0 Å². The van der Waals surface area contributed by atoms with E-state index in [1.807, 2.05) is 0 Å². The normalized spacial score (nSPS) is 14.8. The predicted octanol–water partition coefficient (Wildman–Crippen LogP) is 4.01. The van der Waals surface area contributed by atoms with Crippen LogP contribution in [0.2, 0.25) is 0 Å². The number of hydrogen-bond donors (Lipinski definition) is 1. The third-order valence-electron chi connectivity index (χ3n) is 3.36. The molecule has 1 aromatic heterocycles. The summed E-state index contributed by atoms with van der Waals surface area (Å²) in [5.74, 6) is 0. The van der Waals surface area contributed by atoms with Crippen LogP contribution in [0.4, 0.5) is 0 Å². The van der Waals surface area contributed by atoms with E-state index in [9.17, 15) is 0 Å². The van der Waals surface area contributed by atoms with E-state index in [-0.39, 0.29) is 5.41 Å². The van der Waals surface area contributed by atoms with Crippen LogP contribution in [0.15, 0.2) is 5.38 Å². The number of nitrogens with zero attached hydrogens (tertiary/aromatic N) is 1. The molecular weight excluding hydrogens is 240 g/mol. The Kier molecular flexibility index (Phi) is 4.96. The zero-order valence-electron chi connectivity index (χ0n) is 12.9. The van der Waals surface area contributed by atoms with Gasteiger partial charge in [0, 0.05) is 23.3 Å². The van der Waals surface area contributed by atoms with Crippen LogP contribution in [0.1, 0.15) is 58.7 Å². The maximum atomic E-state index is 4.76. The van der Waals surface area contributed by atoms with Gasteiger partial charge in [0.25, 0.3) is 0 Å². The molecule has 1 N–H and O–H groups in total. The molecular formula is C15H28N2S. The van der Waals surface area contributed by atoms with Gasteiger partial charge in [-0.15, -0.1) is 11.3 Å². The molecule has 0 spiro atoms. The monoisotopic (exact) mass is 268 g/mol. The lowest BCUT2D eigenvalue weighted by atomic mass is 9.84. The van der Waals surface area contributed by atoms with Gasteiger partial charge in [0.05, 0.1) is 10.7 Å². The molecule has 0 saturated carbocycles. The Labute approximate surface area is 116 Å². The number of nitrogens with one attached hydrogen (secondary N) is 1. The number of thiazole rings is 1. The molecule has 1 aromatic rings. The van der Waals surface area contributed by atoms with Crippen molar-refractivity contribution >= 4 is 11.3 Å². The highest BCUT2D eigenvalue weighted by atomic mass is 32.1. The van der Waals surface area contributed by atoms with Crippen LogP contribution in [0.3, 0.4) is 0 Å². The average Bonchev–Trinajstić information content (AvgIpc) is 2.64. The van der Waals surface area contributed by atoms with Crippen molar-refractivity contribution in [3.8, 4) is 0 Å². The first-order valence-electron chi connectivity index (χ1n) is 6.76. The van der Waals surface area contributed by atoms with E-state index < -0.39 is 0 Å². The van der Waals surface area contributed by atoms with Gasteiger partial charge in [-0.1, -0.05) is 41.5 Å². The second-order valence-corrected chi connectivity index (χ2v) is 8.07. The Hall–Kier alpha value is -0.410. The summed E-state index contributed by atoms with van der Waals surface area (Å²) in [6.07, 6.45) is 2.22. The summed E-state index contributed by atoms with van der Waals surface area (Å²) in [5.41, 5.74) is 1.69. The summed E-state index contributed by atoms with van der Waals surface area (Å²) in [4.78, 5) is 4.76. The molecule has 1 unspecified atom stereocenters. The maximum absolute atomic E-state index is 4.76. The van der Waals surface area contributed by atoms with Crippen molar-refractivity contribution in [1.29, 1.82) is 0 Å². The fourth-order valence-electron chi connectivity index (χ4n) is 2.05. The maximum Gasteiger partial charge on any atom is 0.0929 e. The fraction of sp³-hybridized carbons (Fsp3) is 0.800. The van der Waals surface area contributed by atoms with Gasteiger partial charge in [-0.2, -0.15) is 0 Å². The van der Waals surface area contributed by atoms with Crippen LogP contribution >= 0.6 is 11.3 Å². The highest BCUT2D eigenvalue weighted by Gasteiger charge is 2.23. The summed E-state index contributed by atoms with van der Waals surface area (Å²) in [6.45, 7) is 13.5. The summed E-state index contributed by atoms with van der Waals surface area (Å²) in [6, 6.07) is 0.541. The van der Waals surface area contributed by atoms with Gasteiger partial charge in [0.2, 0.25) is 0 Å². The SMILES string of the molecule is CNC(CCc1nc(C(C)(C)C)cs1)C(C)(C)C. The van der Waals surface area contributed by atoms with E-state index in [1.54, 1.807) is 11.3 Å². The summed E-state index contributed by atoms with van der Waals surface area (Å²) < 4.78 is 0. The van der Waals surface area contributed by atoms with E-state index in [0.717, 1.165) is 12.8 Å². The van der Waals surface area contributed by atoms with Crippen molar-refractivity contribution < 1.29 is 0 Å². The standard InChI is InChI=1S/C15H28N2S/c1-14(2,3)11(16-7)8-9-13-17-12(10-18-13)15(4,5)6/h10-11,16H,8-9H2,1-7H3. The molecule has 3 heteroatoms. The van der Waals surface area contributed by atoms with Gasteiger partial charge in [-0.25, -0.2) is 4.98 Å². The van der Waals surface area contributed by atoms with Crippen molar-refractivity contribution in [1.82, 2.24) is 10.3 Å². The molecule has 104 valence electrons. The van der Waals surface area contributed by atoms with E-state index in [2.05, 4.69) is 59.3 Å². The topological polar surface area (TPSA) is 24.9 Å². The highest BCUT2D eigenvalue weighted by Crippen LogP contribution is 2.26.